The van der Waals surface area contributed by atoms with E-state index in [9.17, 15) is 4.39 Å². The van der Waals surface area contributed by atoms with Crippen molar-refractivity contribution in [3.05, 3.63) is 29.6 Å². The molecule has 0 aliphatic carbocycles. The highest BCUT2D eigenvalue weighted by atomic mass is 19.1. The molecular weight excluding hydrogens is 233 g/mol. The minimum absolute atomic E-state index is 0.0908. The van der Waals surface area contributed by atoms with Crippen LogP contribution in [0.25, 0.3) is 0 Å². The topological polar surface area (TPSA) is 41.5 Å². The summed E-state index contributed by atoms with van der Waals surface area (Å²) in [4.78, 5) is 0. The fraction of sp³-hybridized carbons (Fsp3) is 0.571. The van der Waals surface area contributed by atoms with Gasteiger partial charge in [0.05, 0.1) is 13.7 Å². The molecule has 0 radical (unpaired) electrons. The molecule has 0 saturated heterocycles. The molecule has 1 atom stereocenters. The van der Waals surface area contributed by atoms with Crippen LogP contribution >= 0.6 is 0 Å². The molecule has 2 N–H and O–H groups in total. The number of nitrogens with one attached hydrogen (secondary N) is 1. The number of methoxy groups -OCH3 is 1. The van der Waals surface area contributed by atoms with Crippen molar-refractivity contribution in [3.63, 3.8) is 0 Å². The van der Waals surface area contributed by atoms with E-state index in [0.717, 1.165) is 18.5 Å². The summed E-state index contributed by atoms with van der Waals surface area (Å²) in [6.45, 7) is 4.95. The van der Waals surface area contributed by atoms with Crippen LogP contribution in [0.2, 0.25) is 0 Å². The zero-order valence-electron chi connectivity index (χ0n) is 11.2. The molecule has 0 aromatic heterocycles. The Labute approximate surface area is 108 Å². The number of aliphatic hydroxyl groups excluding tert-OH is 1. The number of hydrogen-bond acceptors (Lipinski definition) is 3. The monoisotopic (exact) mass is 255 g/mol. The Kier molecular flexibility index (Phi) is 6.09. The highest BCUT2D eigenvalue weighted by Crippen LogP contribution is 2.17. The van der Waals surface area contributed by atoms with Crippen molar-refractivity contribution in [2.45, 2.75) is 26.3 Å². The van der Waals surface area contributed by atoms with Crippen LogP contribution in [0.4, 0.5) is 4.39 Å². The number of hydrogen-bond donors (Lipinski definition) is 2. The molecule has 4 heteroatoms. The predicted octanol–water partition coefficient (Wildman–Crippen LogP) is 1.98. The van der Waals surface area contributed by atoms with Gasteiger partial charge in [-0.25, -0.2) is 4.39 Å². The molecule has 102 valence electrons. The van der Waals surface area contributed by atoms with Crippen molar-refractivity contribution in [1.29, 1.82) is 0 Å². The number of rotatable bonds is 7. The fourth-order valence-corrected chi connectivity index (χ4v) is 1.78. The first-order valence-corrected chi connectivity index (χ1v) is 6.25. The summed E-state index contributed by atoms with van der Waals surface area (Å²) in [7, 11) is 1.45. The lowest BCUT2D eigenvalue weighted by atomic mass is 10.0. The van der Waals surface area contributed by atoms with Gasteiger partial charge in [0.25, 0.3) is 0 Å². The fourth-order valence-electron chi connectivity index (χ4n) is 1.78. The van der Waals surface area contributed by atoms with Crippen LogP contribution in [0.5, 0.6) is 5.75 Å². The first-order valence-electron chi connectivity index (χ1n) is 6.25. The van der Waals surface area contributed by atoms with Gasteiger partial charge in [-0.15, -0.1) is 0 Å². The van der Waals surface area contributed by atoms with E-state index in [1.807, 2.05) is 6.07 Å². The van der Waals surface area contributed by atoms with Crippen LogP contribution in [0, 0.1) is 11.7 Å². The van der Waals surface area contributed by atoms with Gasteiger partial charge in [-0.05, 0) is 36.6 Å². The highest BCUT2D eigenvalue weighted by Gasteiger charge is 2.10. The molecule has 1 unspecified atom stereocenters. The predicted molar refractivity (Wildman–Crippen MR) is 70.4 cm³/mol. The molecule has 3 nitrogen and oxygen atoms in total. The van der Waals surface area contributed by atoms with Crippen LogP contribution in [0.1, 0.15) is 19.4 Å². The van der Waals surface area contributed by atoms with E-state index >= 15 is 0 Å². The van der Waals surface area contributed by atoms with Crippen LogP contribution in [-0.2, 0) is 6.42 Å². The Balaban J connectivity index is 2.46. The second-order valence-corrected chi connectivity index (χ2v) is 4.71. The molecule has 18 heavy (non-hydrogen) atoms. The summed E-state index contributed by atoms with van der Waals surface area (Å²) >= 11 is 0. The van der Waals surface area contributed by atoms with Crippen molar-refractivity contribution in [1.82, 2.24) is 5.32 Å². The molecule has 1 aromatic rings. The minimum atomic E-state index is -0.336. The van der Waals surface area contributed by atoms with Gasteiger partial charge in [-0.1, -0.05) is 19.9 Å². The molecule has 0 spiro atoms. The van der Waals surface area contributed by atoms with Crippen LogP contribution in [0.3, 0.4) is 0 Å². The zero-order chi connectivity index (χ0) is 13.5. The van der Waals surface area contributed by atoms with Gasteiger partial charge in [0.2, 0.25) is 0 Å². The van der Waals surface area contributed by atoms with Crippen molar-refractivity contribution in [2.24, 2.45) is 5.92 Å². The van der Waals surface area contributed by atoms with E-state index in [4.69, 9.17) is 9.84 Å². The lowest BCUT2D eigenvalue weighted by molar-refractivity contribution is 0.212. The van der Waals surface area contributed by atoms with Gasteiger partial charge < -0.3 is 15.2 Å². The molecule has 0 bridgehead atoms. The van der Waals surface area contributed by atoms with Crippen molar-refractivity contribution in [2.75, 3.05) is 20.3 Å². The average molecular weight is 255 g/mol. The second kappa shape index (κ2) is 7.34. The van der Waals surface area contributed by atoms with Crippen molar-refractivity contribution < 1.29 is 14.2 Å². The van der Waals surface area contributed by atoms with E-state index in [1.54, 1.807) is 6.07 Å². The number of aliphatic hydroxyl groups is 1. The second-order valence-electron chi connectivity index (χ2n) is 4.71. The maximum atomic E-state index is 13.4. The average Bonchev–Trinajstić information content (AvgIpc) is 2.34. The Hall–Kier alpha value is -1.13. The normalized spacial score (nSPS) is 12.8. The SMILES string of the molecule is COc1ccc(CCNC(CO)C(C)C)cc1F. The van der Waals surface area contributed by atoms with Gasteiger partial charge in [-0.3, -0.25) is 0 Å². The van der Waals surface area contributed by atoms with Gasteiger partial charge >= 0.3 is 0 Å². The molecule has 1 aromatic carbocycles. The van der Waals surface area contributed by atoms with Crippen LogP contribution in [-0.4, -0.2) is 31.4 Å². The van der Waals surface area contributed by atoms with Gasteiger partial charge in [0.15, 0.2) is 11.6 Å². The Morgan fingerprint density at radius 2 is 2.11 bits per heavy atom. The van der Waals surface area contributed by atoms with Gasteiger partial charge in [0.1, 0.15) is 0 Å². The standard InChI is InChI=1S/C14H22FNO2/c1-10(2)13(9-17)16-7-6-11-4-5-14(18-3)12(15)8-11/h4-5,8,10,13,16-17H,6-7,9H2,1-3H3. The third-order valence-corrected chi connectivity index (χ3v) is 3.04. The first kappa shape index (κ1) is 14.9. The summed E-state index contributed by atoms with van der Waals surface area (Å²) in [5.41, 5.74) is 0.918. The minimum Gasteiger partial charge on any atom is -0.494 e. The number of benzene rings is 1. The maximum Gasteiger partial charge on any atom is 0.165 e. The third kappa shape index (κ3) is 4.27. The van der Waals surface area contributed by atoms with Crippen LogP contribution < -0.4 is 10.1 Å². The molecule has 0 amide bonds. The van der Waals surface area contributed by atoms with E-state index in [-0.39, 0.29) is 24.2 Å². The molecule has 1 rings (SSSR count). The van der Waals surface area contributed by atoms with E-state index in [0.29, 0.717) is 5.92 Å². The lowest BCUT2D eigenvalue weighted by Gasteiger charge is -2.19. The van der Waals surface area contributed by atoms with Gasteiger partial charge in [-0.2, -0.15) is 0 Å². The highest BCUT2D eigenvalue weighted by molar-refractivity contribution is 5.29. The smallest absolute Gasteiger partial charge is 0.165 e. The summed E-state index contributed by atoms with van der Waals surface area (Å²) in [5, 5.41) is 12.4. The summed E-state index contributed by atoms with van der Waals surface area (Å²) in [6.07, 6.45) is 0.726. The van der Waals surface area contributed by atoms with Gasteiger partial charge in [0, 0.05) is 6.04 Å². The maximum absolute atomic E-state index is 13.4. The zero-order valence-corrected chi connectivity index (χ0v) is 11.2. The van der Waals surface area contributed by atoms with Crippen molar-refractivity contribution in [3.8, 4) is 5.75 Å². The number of halogens is 1. The molecule has 0 fully saturated rings. The quantitative estimate of drug-likeness (QED) is 0.783. The number of ether oxygens (including phenoxy) is 1. The van der Waals surface area contributed by atoms with E-state index < -0.39 is 0 Å². The molecule has 0 saturated carbocycles. The Morgan fingerprint density at radius 3 is 2.61 bits per heavy atom. The molecule has 0 heterocycles. The van der Waals surface area contributed by atoms with Crippen LogP contribution in [0.15, 0.2) is 18.2 Å². The summed E-state index contributed by atoms with van der Waals surface area (Å²) in [5.74, 6) is 0.308. The lowest BCUT2D eigenvalue weighted by Crippen LogP contribution is -2.38. The summed E-state index contributed by atoms with van der Waals surface area (Å²) in [6, 6.07) is 5.07. The Morgan fingerprint density at radius 1 is 1.39 bits per heavy atom. The third-order valence-electron chi connectivity index (χ3n) is 3.04. The first-order chi connectivity index (χ1) is 8.58. The van der Waals surface area contributed by atoms with Crippen molar-refractivity contribution >= 4 is 0 Å². The Bertz CT molecular complexity index is 369. The van der Waals surface area contributed by atoms with E-state index in [1.165, 1.54) is 13.2 Å². The molecule has 0 aliphatic rings. The van der Waals surface area contributed by atoms with E-state index in [2.05, 4.69) is 19.2 Å². The largest absolute Gasteiger partial charge is 0.494 e. The summed E-state index contributed by atoms with van der Waals surface area (Å²) < 4.78 is 18.3. The molecule has 0 aliphatic heterocycles. The molecular formula is C14H22FNO2.